The lowest BCUT2D eigenvalue weighted by Crippen LogP contribution is -2.36. The van der Waals surface area contributed by atoms with Gasteiger partial charge in [0.15, 0.2) is 0 Å². The first-order chi connectivity index (χ1) is 11.2. The number of amides is 1. The molecule has 0 aromatic heterocycles. The average molecular weight is 314 g/mol. The molecule has 0 aliphatic carbocycles. The van der Waals surface area contributed by atoms with Crippen LogP contribution in [0.25, 0.3) is 0 Å². The third kappa shape index (κ3) is 4.07. The van der Waals surface area contributed by atoms with Crippen LogP contribution < -0.4 is 10.2 Å². The zero-order chi connectivity index (χ0) is 16.1. The summed E-state index contributed by atoms with van der Waals surface area (Å²) in [5.74, 6) is -0.584. The van der Waals surface area contributed by atoms with Crippen LogP contribution in [0.3, 0.4) is 0 Å². The van der Waals surface area contributed by atoms with Gasteiger partial charge in [0.1, 0.15) is 5.82 Å². The molecule has 120 valence electrons. The van der Waals surface area contributed by atoms with Crippen molar-refractivity contribution < 1.29 is 13.9 Å². The molecule has 4 nitrogen and oxygen atoms in total. The Hall–Kier alpha value is -2.40. The molecule has 1 aliphatic rings. The summed E-state index contributed by atoms with van der Waals surface area (Å²) in [5.41, 5.74) is 2.17. The lowest BCUT2D eigenvalue weighted by Gasteiger charge is -2.29. The normalized spacial score (nSPS) is 14.6. The van der Waals surface area contributed by atoms with Gasteiger partial charge in [0, 0.05) is 24.5 Å². The standard InChI is InChI=1S/C18H19FN2O2/c19-17-7-2-1-4-14(17)12-18(22)20-15-5-3-6-16(13-15)21-8-10-23-11-9-21/h1-7,13H,8-12H2,(H,20,22). The lowest BCUT2D eigenvalue weighted by molar-refractivity contribution is -0.115. The van der Waals surface area contributed by atoms with Crippen LogP contribution in [0, 0.1) is 5.82 Å². The zero-order valence-corrected chi connectivity index (χ0v) is 12.8. The number of hydrogen-bond donors (Lipinski definition) is 1. The van der Waals surface area contributed by atoms with Gasteiger partial charge in [-0.25, -0.2) is 4.39 Å². The van der Waals surface area contributed by atoms with Crippen LogP contribution >= 0.6 is 0 Å². The number of carbonyl (C=O) groups is 1. The van der Waals surface area contributed by atoms with Crippen LogP contribution in [0.4, 0.5) is 15.8 Å². The summed E-state index contributed by atoms with van der Waals surface area (Å²) in [5, 5.41) is 2.83. The van der Waals surface area contributed by atoms with E-state index in [1.807, 2.05) is 24.3 Å². The van der Waals surface area contributed by atoms with Crippen LogP contribution in [0.5, 0.6) is 0 Å². The summed E-state index contributed by atoms with van der Waals surface area (Å²) in [6, 6.07) is 14.0. The average Bonchev–Trinajstić information content (AvgIpc) is 2.58. The number of nitrogens with one attached hydrogen (secondary N) is 1. The number of hydrogen-bond acceptors (Lipinski definition) is 3. The Balaban J connectivity index is 1.65. The van der Waals surface area contributed by atoms with Gasteiger partial charge in [-0.3, -0.25) is 4.79 Å². The van der Waals surface area contributed by atoms with Crippen molar-refractivity contribution in [2.75, 3.05) is 36.5 Å². The SMILES string of the molecule is O=C(Cc1ccccc1F)Nc1cccc(N2CCOCC2)c1. The topological polar surface area (TPSA) is 41.6 Å². The van der Waals surface area contributed by atoms with Crippen LogP contribution in [-0.2, 0) is 16.0 Å². The maximum atomic E-state index is 13.6. The molecule has 0 unspecified atom stereocenters. The number of rotatable bonds is 4. The summed E-state index contributed by atoms with van der Waals surface area (Å²) in [7, 11) is 0. The molecule has 3 rings (SSSR count). The maximum Gasteiger partial charge on any atom is 0.228 e. The summed E-state index contributed by atoms with van der Waals surface area (Å²) < 4.78 is 18.9. The van der Waals surface area contributed by atoms with E-state index in [0.717, 1.165) is 24.5 Å². The molecule has 0 radical (unpaired) electrons. The highest BCUT2D eigenvalue weighted by atomic mass is 19.1. The van der Waals surface area contributed by atoms with Crippen molar-refractivity contribution in [1.29, 1.82) is 0 Å². The molecule has 1 saturated heterocycles. The minimum Gasteiger partial charge on any atom is -0.378 e. The third-order valence-electron chi connectivity index (χ3n) is 3.81. The molecular weight excluding hydrogens is 295 g/mol. The molecule has 0 bridgehead atoms. The van der Waals surface area contributed by atoms with E-state index in [-0.39, 0.29) is 18.1 Å². The Labute approximate surface area is 134 Å². The van der Waals surface area contributed by atoms with E-state index >= 15 is 0 Å². The summed E-state index contributed by atoms with van der Waals surface area (Å²) >= 11 is 0. The summed E-state index contributed by atoms with van der Waals surface area (Å²) in [4.78, 5) is 14.3. The highest BCUT2D eigenvalue weighted by molar-refractivity contribution is 5.92. The molecule has 0 saturated carbocycles. The van der Waals surface area contributed by atoms with Gasteiger partial charge in [-0.15, -0.1) is 0 Å². The van der Waals surface area contributed by atoms with Gasteiger partial charge in [0.25, 0.3) is 0 Å². The molecule has 1 fully saturated rings. The van der Waals surface area contributed by atoms with Crippen LogP contribution in [0.15, 0.2) is 48.5 Å². The maximum absolute atomic E-state index is 13.6. The van der Waals surface area contributed by atoms with Crippen molar-refractivity contribution >= 4 is 17.3 Å². The first kappa shape index (κ1) is 15.5. The number of carbonyl (C=O) groups excluding carboxylic acids is 1. The van der Waals surface area contributed by atoms with Crippen molar-refractivity contribution in [2.24, 2.45) is 0 Å². The van der Waals surface area contributed by atoms with Crippen molar-refractivity contribution in [3.8, 4) is 0 Å². The Morgan fingerprint density at radius 2 is 1.91 bits per heavy atom. The molecule has 5 heteroatoms. The molecular formula is C18H19FN2O2. The van der Waals surface area contributed by atoms with Crippen LogP contribution in [-0.4, -0.2) is 32.2 Å². The fourth-order valence-electron chi connectivity index (χ4n) is 2.62. The first-order valence-corrected chi connectivity index (χ1v) is 7.68. The molecule has 2 aromatic carbocycles. The van der Waals surface area contributed by atoms with Crippen molar-refractivity contribution in [3.05, 3.63) is 59.9 Å². The van der Waals surface area contributed by atoms with Crippen molar-refractivity contribution in [3.63, 3.8) is 0 Å². The molecule has 1 amide bonds. The van der Waals surface area contributed by atoms with E-state index in [1.165, 1.54) is 6.07 Å². The van der Waals surface area contributed by atoms with E-state index in [1.54, 1.807) is 18.2 Å². The summed E-state index contributed by atoms with van der Waals surface area (Å²) in [6.45, 7) is 3.10. The number of ether oxygens (including phenoxy) is 1. The minimum atomic E-state index is -0.357. The molecule has 0 spiro atoms. The molecule has 23 heavy (non-hydrogen) atoms. The molecule has 2 aromatic rings. The molecule has 1 heterocycles. The van der Waals surface area contributed by atoms with E-state index in [2.05, 4.69) is 10.2 Å². The number of benzene rings is 2. The van der Waals surface area contributed by atoms with Gasteiger partial charge in [0.2, 0.25) is 5.91 Å². The van der Waals surface area contributed by atoms with Gasteiger partial charge in [-0.05, 0) is 29.8 Å². The zero-order valence-electron chi connectivity index (χ0n) is 12.8. The van der Waals surface area contributed by atoms with E-state index in [9.17, 15) is 9.18 Å². The van der Waals surface area contributed by atoms with Gasteiger partial charge < -0.3 is 15.0 Å². The Morgan fingerprint density at radius 1 is 1.13 bits per heavy atom. The van der Waals surface area contributed by atoms with E-state index in [4.69, 9.17) is 4.74 Å². The van der Waals surface area contributed by atoms with Crippen molar-refractivity contribution in [1.82, 2.24) is 0 Å². The van der Waals surface area contributed by atoms with Crippen LogP contribution in [0.1, 0.15) is 5.56 Å². The van der Waals surface area contributed by atoms with Gasteiger partial charge >= 0.3 is 0 Å². The first-order valence-electron chi connectivity index (χ1n) is 7.68. The summed E-state index contributed by atoms with van der Waals surface area (Å²) in [6.07, 6.45) is 0.0223. The highest BCUT2D eigenvalue weighted by Crippen LogP contribution is 2.20. The van der Waals surface area contributed by atoms with E-state index in [0.29, 0.717) is 18.8 Å². The molecule has 1 aliphatic heterocycles. The Bertz CT molecular complexity index is 684. The predicted octanol–water partition coefficient (Wildman–Crippen LogP) is 2.84. The molecule has 0 atom stereocenters. The third-order valence-corrected chi connectivity index (χ3v) is 3.81. The quantitative estimate of drug-likeness (QED) is 0.943. The fraction of sp³-hybridized carbons (Fsp3) is 0.278. The second-order valence-electron chi connectivity index (χ2n) is 5.47. The monoisotopic (exact) mass is 314 g/mol. The minimum absolute atomic E-state index is 0.0223. The number of nitrogens with zero attached hydrogens (tertiary/aromatic N) is 1. The fourth-order valence-corrected chi connectivity index (χ4v) is 2.62. The van der Waals surface area contributed by atoms with Crippen molar-refractivity contribution in [2.45, 2.75) is 6.42 Å². The lowest BCUT2D eigenvalue weighted by atomic mass is 10.1. The number of anilines is 2. The van der Waals surface area contributed by atoms with E-state index < -0.39 is 0 Å². The second kappa shape index (κ2) is 7.24. The van der Waals surface area contributed by atoms with Crippen LogP contribution in [0.2, 0.25) is 0 Å². The van der Waals surface area contributed by atoms with Gasteiger partial charge in [0.05, 0.1) is 19.6 Å². The number of halogens is 1. The largest absolute Gasteiger partial charge is 0.378 e. The highest BCUT2D eigenvalue weighted by Gasteiger charge is 2.12. The Morgan fingerprint density at radius 3 is 2.70 bits per heavy atom. The smallest absolute Gasteiger partial charge is 0.228 e. The van der Waals surface area contributed by atoms with Gasteiger partial charge in [-0.2, -0.15) is 0 Å². The molecule has 1 N–H and O–H groups in total. The Kier molecular flexibility index (Phi) is 4.88. The van der Waals surface area contributed by atoms with Gasteiger partial charge in [-0.1, -0.05) is 24.3 Å². The second-order valence-corrected chi connectivity index (χ2v) is 5.47. The predicted molar refractivity (Wildman–Crippen MR) is 88.2 cm³/mol. The number of morpholine rings is 1.